The van der Waals surface area contributed by atoms with Crippen LogP contribution in [0, 0.1) is 0 Å². The van der Waals surface area contributed by atoms with E-state index in [0.717, 1.165) is 20.8 Å². The second kappa shape index (κ2) is 11.4. The molecule has 0 aromatic heterocycles. The maximum atomic E-state index is 11.7. The number of amides is 1. The lowest BCUT2D eigenvalue weighted by Crippen LogP contribution is -2.66. The Morgan fingerprint density at radius 1 is 1.00 bits per heavy atom. The number of ether oxygens (including phenoxy) is 5. The van der Waals surface area contributed by atoms with E-state index < -0.39 is 79.7 Å². The Bertz CT molecular complexity index is 668. The van der Waals surface area contributed by atoms with Gasteiger partial charge in [0.15, 0.2) is 18.5 Å². The zero-order valence-electron chi connectivity index (χ0n) is 17.0. The van der Waals surface area contributed by atoms with Gasteiger partial charge in [-0.2, -0.15) is 0 Å². The summed E-state index contributed by atoms with van der Waals surface area (Å²) in [7, 11) is 0. The minimum atomic E-state index is -1.41. The van der Waals surface area contributed by atoms with Gasteiger partial charge >= 0.3 is 23.9 Å². The molecular weight excluding hydrogens is 408 g/mol. The van der Waals surface area contributed by atoms with Crippen molar-refractivity contribution in [3.63, 3.8) is 0 Å². The molecule has 4 N–H and O–H groups in total. The van der Waals surface area contributed by atoms with E-state index in [-0.39, 0.29) is 0 Å². The summed E-state index contributed by atoms with van der Waals surface area (Å²) in [6.45, 7) is 3.62. The molecule has 0 aromatic rings. The highest BCUT2D eigenvalue weighted by Crippen LogP contribution is 2.28. The van der Waals surface area contributed by atoms with E-state index in [9.17, 15) is 24.0 Å². The van der Waals surface area contributed by atoms with Crippen LogP contribution in [0.2, 0.25) is 0 Å². The molecule has 0 radical (unpaired) electrons. The van der Waals surface area contributed by atoms with E-state index in [0.29, 0.717) is 0 Å². The second-order valence-electron chi connectivity index (χ2n) is 6.50. The van der Waals surface area contributed by atoms with Gasteiger partial charge in [0.1, 0.15) is 24.8 Å². The van der Waals surface area contributed by atoms with Gasteiger partial charge in [-0.05, 0) is 0 Å². The standard InChI is InChI=1S/C17H26N2O11/c1-7(20)19-13-15(29-10(4)23)14(28-9(3)22)12(6-26-8(2)21)30-17(13)27-5-11(18)16(24)25/h11-15,17H,5-6,18H2,1-4H3,(H,19,20)(H,24,25)/t11?,12?,13?,14-,15+,17+/m0/s1. The average Bonchev–Trinajstić information content (AvgIpc) is 2.60. The molecule has 1 amide bonds. The molecule has 6 atom stereocenters. The molecule has 0 spiro atoms. The molecule has 13 heteroatoms. The third-order valence-electron chi connectivity index (χ3n) is 3.83. The van der Waals surface area contributed by atoms with Crippen LogP contribution in [0.4, 0.5) is 0 Å². The van der Waals surface area contributed by atoms with Crippen molar-refractivity contribution in [3.8, 4) is 0 Å². The van der Waals surface area contributed by atoms with Crippen LogP contribution in [-0.2, 0) is 47.7 Å². The highest BCUT2D eigenvalue weighted by atomic mass is 16.7. The molecule has 1 fully saturated rings. The Kier molecular flexibility index (Phi) is 9.62. The Labute approximate surface area is 172 Å². The highest BCUT2D eigenvalue weighted by molar-refractivity contribution is 5.74. The van der Waals surface area contributed by atoms with Gasteiger partial charge in [-0.15, -0.1) is 0 Å². The normalized spacial score (nSPS) is 26.8. The predicted octanol–water partition coefficient (Wildman–Crippen LogP) is -1.93. The summed E-state index contributed by atoms with van der Waals surface area (Å²) in [4.78, 5) is 57.1. The van der Waals surface area contributed by atoms with Crippen molar-refractivity contribution in [2.45, 2.75) is 64.4 Å². The van der Waals surface area contributed by atoms with Gasteiger partial charge in [0.2, 0.25) is 5.91 Å². The Morgan fingerprint density at radius 3 is 2.03 bits per heavy atom. The van der Waals surface area contributed by atoms with Crippen molar-refractivity contribution in [1.29, 1.82) is 0 Å². The summed E-state index contributed by atoms with van der Waals surface area (Å²) in [5.74, 6) is -4.06. The quantitative estimate of drug-likeness (QED) is 0.269. The Hall–Kier alpha value is -2.77. The van der Waals surface area contributed by atoms with Gasteiger partial charge in [0.05, 0.1) is 6.61 Å². The molecular formula is C17H26N2O11. The van der Waals surface area contributed by atoms with Crippen molar-refractivity contribution >= 4 is 29.8 Å². The van der Waals surface area contributed by atoms with Crippen molar-refractivity contribution in [2.24, 2.45) is 5.73 Å². The SMILES string of the molecule is CC(=O)NC1[C@H](OCC(N)C(=O)O)OC(COC(C)=O)[C@H](OC(C)=O)[C@@H]1OC(C)=O. The van der Waals surface area contributed by atoms with Gasteiger partial charge in [-0.3, -0.25) is 24.0 Å². The molecule has 30 heavy (non-hydrogen) atoms. The summed E-state index contributed by atoms with van der Waals surface area (Å²) in [6, 6.07) is -2.60. The largest absolute Gasteiger partial charge is 0.480 e. The molecule has 0 bridgehead atoms. The summed E-state index contributed by atoms with van der Waals surface area (Å²) in [5.41, 5.74) is 5.43. The van der Waals surface area contributed by atoms with Crippen LogP contribution in [0.1, 0.15) is 27.7 Å². The van der Waals surface area contributed by atoms with Crippen LogP contribution in [0.3, 0.4) is 0 Å². The maximum Gasteiger partial charge on any atom is 0.322 e. The van der Waals surface area contributed by atoms with Crippen LogP contribution >= 0.6 is 0 Å². The number of carbonyl (C=O) groups is 5. The minimum absolute atomic E-state index is 0.400. The van der Waals surface area contributed by atoms with Crippen LogP contribution < -0.4 is 11.1 Å². The summed E-state index contributed by atoms with van der Waals surface area (Å²) >= 11 is 0. The summed E-state index contributed by atoms with van der Waals surface area (Å²) < 4.78 is 26.5. The number of carboxylic acid groups (broad SMARTS) is 1. The first-order valence-corrected chi connectivity index (χ1v) is 8.92. The molecule has 0 aromatic carbocycles. The second-order valence-corrected chi connectivity index (χ2v) is 6.50. The number of esters is 3. The van der Waals surface area contributed by atoms with Crippen molar-refractivity contribution < 1.29 is 52.8 Å². The predicted molar refractivity (Wildman–Crippen MR) is 95.6 cm³/mol. The number of nitrogens with one attached hydrogen (secondary N) is 1. The van der Waals surface area contributed by atoms with E-state index in [2.05, 4.69) is 5.32 Å². The fourth-order valence-corrected chi connectivity index (χ4v) is 2.70. The molecule has 1 aliphatic rings. The first-order valence-electron chi connectivity index (χ1n) is 8.92. The molecule has 170 valence electrons. The number of nitrogens with two attached hydrogens (primary N) is 1. The maximum absolute atomic E-state index is 11.7. The lowest BCUT2D eigenvalue weighted by Gasteiger charge is -2.45. The van der Waals surface area contributed by atoms with Gasteiger partial charge in [0, 0.05) is 27.7 Å². The van der Waals surface area contributed by atoms with Crippen LogP contribution in [0.5, 0.6) is 0 Å². The number of carboxylic acids is 1. The molecule has 1 heterocycles. The number of aliphatic carboxylic acids is 1. The monoisotopic (exact) mass is 434 g/mol. The number of rotatable bonds is 9. The van der Waals surface area contributed by atoms with Crippen molar-refractivity contribution in [3.05, 3.63) is 0 Å². The zero-order chi connectivity index (χ0) is 23.0. The first-order chi connectivity index (χ1) is 13.9. The average molecular weight is 434 g/mol. The molecule has 1 aliphatic heterocycles. The van der Waals surface area contributed by atoms with Crippen LogP contribution in [0.15, 0.2) is 0 Å². The van der Waals surface area contributed by atoms with Gasteiger partial charge < -0.3 is 39.8 Å². The minimum Gasteiger partial charge on any atom is -0.480 e. The zero-order valence-corrected chi connectivity index (χ0v) is 17.0. The van der Waals surface area contributed by atoms with Gasteiger partial charge in [-0.25, -0.2) is 0 Å². The fourth-order valence-electron chi connectivity index (χ4n) is 2.70. The summed E-state index contributed by atoms with van der Waals surface area (Å²) in [6.07, 6.45) is -5.08. The molecule has 1 saturated heterocycles. The van der Waals surface area contributed by atoms with Gasteiger partial charge in [0.25, 0.3) is 0 Å². The Balaban J connectivity index is 3.27. The molecule has 13 nitrogen and oxygen atoms in total. The van der Waals surface area contributed by atoms with Gasteiger partial charge in [-0.1, -0.05) is 0 Å². The number of hydrogen-bond donors (Lipinski definition) is 3. The lowest BCUT2D eigenvalue weighted by atomic mass is 9.96. The van der Waals surface area contributed by atoms with E-state index in [4.69, 9.17) is 34.5 Å². The number of hydrogen-bond acceptors (Lipinski definition) is 11. The van der Waals surface area contributed by atoms with Crippen molar-refractivity contribution in [1.82, 2.24) is 5.32 Å². The smallest absolute Gasteiger partial charge is 0.322 e. The van der Waals surface area contributed by atoms with Crippen LogP contribution in [0.25, 0.3) is 0 Å². The first kappa shape index (κ1) is 25.3. The van der Waals surface area contributed by atoms with E-state index in [1.165, 1.54) is 6.92 Å². The third kappa shape index (κ3) is 7.93. The van der Waals surface area contributed by atoms with E-state index in [1.54, 1.807) is 0 Å². The molecule has 0 saturated carbocycles. The highest BCUT2D eigenvalue weighted by Gasteiger charge is 2.51. The van der Waals surface area contributed by atoms with E-state index in [1.807, 2.05) is 0 Å². The molecule has 1 rings (SSSR count). The lowest BCUT2D eigenvalue weighted by molar-refractivity contribution is -0.278. The number of carbonyl (C=O) groups excluding carboxylic acids is 4. The molecule has 3 unspecified atom stereocenters. The summed E-state index contributed by atoms with van der Waals surface area (Å²) in [5, 5.41) is 11.4. The molecule has 0 aliphatic carbocycles. The third-order valence-corrected chi connectivity index (χ3v) is 3.83. The van der Waals surface area contributed by atoms with Crippen molar-refractivity contribution in [2.75, 3.05) is 13.2 Å². The fraction of sp³-hybridized carbons (Fsp3) is 0.706. The van der Waals surface area contributed by atoms with Crippen LogP contribution in [-0.4, -0.2) is 84.8 Å². The topological polar surface area (TPSA) is 190 Å². The van der Waals surface area contributed by atoms with E-state index >= 15 is 0 Å². The Morgan fingerprint density at radius 2 is 1.57 bits per heavy atom.